The SMILES string of the molecule is COCC1=CC(=O)NC2=CC(=NC(=O)/C=C\c3cccs3)C=CC12. The number of allylic oxidation sites excluding steroid dienone is 3. The van der Waals surface area contributed by atoms with Gasteiger partial charge in [0.2, 0.25) is 5.91 Å². The van der Waals surface area contributed by atoms with Gasteiger partial charge in [0.1, 0.15) is 0 Å². The quantitative estimate of drug-likeness (QED) is 0.856. The third-order valence-corrected chi connectivity index (χ3v) is 4.40. The summed E-state index contributed by atoms with van der Waals surface area (Å²) in [5.41, 5.74) is 2.11. The van der Waals surface area contributed by atoms with E-state index in [0.717, 1.165) is 10.5 Å². The highest BCUT2D eigenvalue weighted by Gasteiger charge is 2.26. The molecule has 1 aromatic rings. The molecule has 1 N–H and O–H groups in total. The molecule has 0 aromatic carbocycles. The Kier molecular flexibility index (Phi) is 4.98. The summed E-state index contributed by atoms with van der Waals surface area (Å²) in [6.07, 6.45) is 10.1. The maximum Gasteiger partial charge on any atom is 0.270 e. The average Bonchev–Trinajstić information content (AvgIpc) is 3.06. The van der Waals surface area contributed by atoms with Crippen molar-refractivity contribution in [2.75, 3.05) is 13.7 Å². The highest BCUT2D eigenvalue weighted by molar-refractivity contribution is 7.10. The van der Waals surface area contributed by atoms with E-state index in [4.69, 9.17) is 4.74 Å². The zero-order valence-electron chi connectivity index (χ0n) is 13.1. The van der Waals surface area contributed by atoms with E-state index in [9.17, 15) is 9.59 Å². The Morgan fingerprint density at radius 1 is 1.46 bits per heavy atom. The molecule has 5 nitrogen and oxygen atoms in total. The normalized spacial score (nSPS) is 21.5. The maximum absolute atomic E-state index is 11.9. The Bertz CT molecular complexity index is 798. The Balaban J connectivity index is 1.76. The zero-order valence-corrected chi connectivity index (χ0v) is 13.9. The van der Waals surface area contributed by atoms with Crippen LogP contribution in [0.4, 0.5) is 0 Å². The van der Waals surface area contributed by atoms with Crippen molar-refractivity contribution in [2.24, 2.45) is 10.9 Å². The first-order valence-electron chi connectivity index (χ1n) is 7.40. The number of rotatable bonds is 4. The molecule has 122 valence electrons. The number of nitrogens with one attached hydrogen (secondary N) is 1. The number of amides is 2. The lowest BCUT2D eigenvalue weighted by molar-refractivity contribution is -0.116. The number of fused-ring (bicyclic) bond motifs is 1. The molecule has 3 rings (SSSR count). The van der Waals surface area contributed by atoms with Crippen LogP contribution < -0.4 is 5.32 Å². The van der Waals surface area contributed by atoms with Crippen LogP contribution >= 0.6 is 11.3 Å². The molecule has 0 fully saturated rings. The molecule has 1 aliphatic carbocycles. The fraction of sp³-hybridized carbons (Fsp3) is 0.167. The standard InChI is InChI=1S/C18H16N2O3S/c1-23-11-12-9-18(22)20-16-10-13(4-6-15(12)16)19-17(21)7-5-14-3-2-8-24-14/h2-10,15H,11H2,1H3,(H,20,22)/b7-5-,19-13?. The molecule has 1 aromatic heterocycles. The Morgan fingerprint density at radius 2 is 2.33 bits per heavy atom. The minimum absolute atomic E-state index is 0.0432. The van der Waals surface area contributed by atoms with Crippen LogP contribution in [0.2, 0.25) is 0 Å². The molecule has 1 unspecified atom stereocenters. The van der Waals surface area contributed by atoms with Gasteiger partial charge in [-0.3, -0.25) is 9.59 Å². The van der Waals surface area contributed by atoms with Gasteiger partial charge in [0.25, 0.3) is 5.91 Å². The van der Waals surface area contributed by atoms with Crippen molar-refractivity contribution >= 4 is 34.9 Å². The summed E-state index contributed by atoms with van der Waals surface area (Å²) in [5, 5.41) is 4.74. The van der Waals surface area contributed by atoms with Gasteiger partial charge >= 0.3 is 0 Å². The van der Waals surface area contributed by atoms with Gasteiger partial charge in [-0.1, -0.05) is 12.1 Å². The second kappa shape index (κ2) is 7.33. The molecule has 6 heteroatoms. The van der Waals surface area contributed by atoms with E-state index in [1.54, 1.807) is 42.8 Å². The van der Waals surface area contributed by atoms with E-state index < -0.39 is 0 Å². The lowest BCUT2D eigenvalue weighted by atomic mass is 9.88. The number of hydrogen-bond donors (Lipinski definition) is 1. The maximum atomic E-state index is 11.9. The summed E-state index contributed by atoms with van der Waals surface area (Å²) in [7, 11) is 1.59. The monoisotopic (exact) mass is 340 g/mol. The van der Waals surface area contributed by atoms with Crippen molar-refractivity contribution in [3.05, 3.63) is 64.0 Å². The van der Waals surface area contributed by atoms with E-state index in [2.05, 4.69) is 10.3 Å². The number of carbonyl (C=O) groups excluding carboxylic acids is 2. The van der Waals surface area contributed by atoms with Crippen LogP contribution in [0, 0.1) is 5.92 Å². The van der Waals surface area contributed by atoms with Gasteiger partial charge in [-0.25, -0.2) is 4.99 Å². The molecule has 0 saturated carbocycles. The van der Waals surface area contributed by atoms with Gasteiger partial charge in [0.05, 0.1) is 12.3 Å². The number of aliphatic imine (C=N–C) groups is 1. The van der Waals surface area contributed by atoms with Crippen LogP contribution in [0.15, 0.2) is 64.2 Å². The van der Waals surface area contributed by atoms with Gasteiger partial charge in [0, 0.05) is 35.8 Å². The molecular formula is C18H16N2O3S. The van der Waals surface area contributed by atoms with Crippen LogP contribution in [0.3, 0.4) is 0 Å². The van der Waals surface area contributed by atoms with Crippen LogP contribution in [-0.2, 0) is 14.3 Å². The van der Waals surface area contributed by atoms with Crippen molar-refractivity contribution < 1.29 is 14.3 Å². The summed E-state index contributed by atoms with van der Waals surface area (Å²) in [6, 6.07) is 3.85. The van der Waals surface area contributed by atoms with E-state index >= 15 is 0 Å². The van der Waals surface area contributed by atoms with Gasteiger partial charge in [-0.05, 0) is 35.2 Å². The average molecular weight is 340 g/mol. The van der Waals surface area contributed by atoms with Crippen molar-refractivity contribution in [3.63, 3.8) is 0 Å². The minimum Gasteiger partial charge on any atom is -0.380 e. The fourth-order valence-corrected chi connectivity index (χ4v) is 3.16. The molecular weight excluding hydrogens is 324 g/mol. The Labute approximate surface area is 143 Å². The van der Waals surface area contributed by atoms with Crippen molar-refractivity contribution in [3.8, 4) is 0 Å². The predicted octanol–water partition coefficient (Wildman–Crippen LogP) is 2.50. The zero-order chi connectivity index (χ0) is 16.9. The van der Waals surface area contributed by atoms with Crippen molar-refractivity contribution in [1.82, 2.24) is 5.32 Å². The molecule has 2 aliphatic rings. The van der Waals surface area contributed by atoms with Crippen molar-refractivity contribution in [1.29, 1.82) is 0 Å². The summed E-state index contributed by atoms with van der Waals surface area (Å²) in [5.74, 6) is -0.574. The highest BCUT2D eigenvalue weighted by atomic mass is 32.1. The first-order chi connectivity index (χ1) is 11.7. The number of carbonyl (C=O) groups is 2. The molecule has 0 bridgehead atoms. The molecule has 24 heavy (non-hydrogen) atoms. The summed E-state index contributed by atoms with van der Waals surface area (Å²) in [4.78, 5) is 28.7. The largest absolute Gasteiger partial charge is 0.380 e. The lowest BCUT2D eigenvalue weighted by Gasteiger charge is -2.27. The van der Waals surface area contributed by atoms with Crippen LogP contribution in [0.1, 0.15) is 4.88 Å². The Hall–Kier alpha value is -2.57. The topological polar surface area (TPSA) is 67.8 Å². The molecule has 1 aliphatic heterocycles. The van der Waals surface area contributed by atoms with Crippen LogP contribution in [0.5, 0.6) is 0 Å². The molecule has 0 saturated heterocycles. The van der Waals surface area contributed by atoms with Gasteiger partial charge in [-0.2, -0.15) is 0 Å². The third-order valence-electron chi connectivity index (χ3n) is 3.57. The summed E-state index contributed by atoms with van der Waals surface area (Å²) >= 11 is 1.55. The van der Waals surface area contributed by atoms with Gasteiger partial charge in [-0.15, -0.1) is 11.3 Å². The number of thiophene rings is 1. The van der Waals surface area contributed by atoms with E-state index in [0.29, 0.717) is 18.0 Å². The predicted molar refractivity (Wildman–Crippen MR) is 94.6 cm³/mol. The number of ether oxygens (including phenoxy) is 1. The highest BCUT2D eigenvalue weighted by Crippen LogP contribution is 2.27. The minimum atomic E-state index is -0.340. The molecule has 2 heterocycles. The molecule has 0 spiro atoms. The van der Waals surface area contributed by atoms with Crippen LogP contribution in [0.25, 0.3) is 6.08 Å². The molecule has 0 radical (unpaired) electrons. The smallest absolute Gasteiger partial charge is 0.270 e. The van der Waals surface area contributed by atoms with Gasteiger partial charge < -0.3 is 10.1 Å². The second-order valence-electron chi connectivity index (χ2n) is 5.30. The van der Waals surface area contributed by atoms with Gasteiger partial charge in [0.15, 0.2) is 0 Å². The number of methoxy groups -OCH3 is 1. The number of hydrogen-bond acceptors (Lipinski definition) is 4. The first-order valence-corrected chi connectivity index (χ1v) is 8.28. The summed E-state index contributed by atoms with van der Waals surface area (Å²) < 4.78 is 5.14. The fourth-order valence-electron chi connectivity index (χ4n) is 2.54. The van der Waals surface area contributed by atoms with E-state index in [-0.39, 0.29) is 17.7 Å². The van der Waals surface area contributed by atoms with Crippen molar-refractivity contribution in [2.45, 2.75) is 0 Å². The van der Waals surface area contributed by atoms with Crippen LogP contribution in [-0.4, -0.2) is 31.2 Å². The second-order valence-corrected chi connectivity index (χ2v) is 6.28. The Morgan fingerprint density at radius 3 is 3.08 bits per heavy atom. The van der Waals surface area contributed by atoms with E-state index in [1.807, 2.05) is 23.6 Å². The lowest BCUT2D eigenvalue weighted by Crippen LogP contribution is -2.34. The number of nitrogens with zero attached hydrogens (tertiary/aromatic N) is 1. The first kappa shape index (κ1) is 16.3. The van der Waals surface area contributed by atoms with E-state index in [1.165, 1.54) is 6.08 Å². The molecule has 1 atom stereocenters. The summed E-state index contributed by atoms with van der Waals surface area (Å²) in [6.45, 7) is 0.384. The molecule has 2 amide bonds. The third kappa shape index (κ3) is 3.84.